The molecule has 3 rings (SSSR count). The minimum absolute atomic E-state index is 0.0973. The van der Waals surface area contributed by atoms with Gasteiger partial charge in [0.2, 0.25) is 0 Å². The van der Waals surface area contributed by atoms with E-state index in [9.17, 15) is 14.4 Å². The number of hydrogen-bond donors (Lipinski definition) is 1. The molecule has 0 bridgehead atoms. The van der Waals surface area contributed by atoms with Crippen LogP contribution in [0.15, 0.2) is 62.8 Å². The number of aromatic nitrogens is 3. The first-order chi connectivity index (χ1) is 14.6. The SMILES string of the molecule is C[C@H](NC(=O)OC(C)(C)C)c1cc(Cn2ccc(=O)n(Cc3ccccc3)c2=O)on1. The number of carbonyl (C=O) groups is 1. The van der Waals surface area contributed by atoms with Crippen molar-refractivity contribution in [2.75, 3.05) is 0 Å². The molecule has 0 radical (unpaired) electrons. The molecule has 0 aliphatic heterocycles. The lowest BCUT2D eigenvalue weighted by Gasteiger charge is -2.21. The summed E-state index contributed by atoms with van der Waals surface area (Å²) in [6, 6.07) is 11.8. The van der Waals surface area contributed by atoms with Crippen LogP contribution in [0.2, 0.25) is 0 Å². The number of nitrogens with one attached hydrogen (secondary N) is 1. The van der Waals surface area contributed by atoms with E-state index in [4.69, 9.17) is 9.26 Å². The van der Waals surface area contributed by atoms with E-state index < -0.39 is 23.4 Å². The molecule has 0 fully saturated rings. The Morgan fingerprint density at radius 2 is 1.87 bits per heavy atom. The molecular formula is C22H26N4O5. The number of benzene rings is 1. The van der Waals surface area contributed by atoms with Crippen LogP contribution in [0, 0.1) is 0 Å². The van der Waals surface area contributed by atoms with Gasteiger partial charge in [-0.3, -0.25) is 13.9 Å². The Kier molecular flexibility index (Phi) is 6.43. The van der Waals surface area contributed by atoms with E-state index >= 15 is 0 Å². The molecule has 0 aliphatic rings. The Bertz CT molecular complexity index is 1150. The normalized spacial score (nSPS) is 12.4. The van der Waals surface area contributed by atoms with Gasteiger partial charge in [0.25, 0.3) is 5.56 Å². The van der Waals surface area contributed by atoms with Crippen LogP contribution < -0.4 is 16.6 Å². The minimum Gasteiger partial charge on any atom is -0.444 e. The quantitative estimate of drug-likeness (QED) is 0.649. The largest absolute Gasteiger partial charge is 0.444 e. The predicted molar refractivity (Wildman–Crippen MR) is 114 cm³/mol. The van der Waals surface area contributed by atoms with Crippen LogP contribution in [0.25, 0.3) is 0 Å². The number of rotatable bonds is 6. The minimum atomic E-state index is -0.608. The van der Waals surface area contributed by atoms with E-state index in [-0.39, 0.29) is 18.6 Å². The third-order valence-electron chi connectivity index (χ3n) is 4.40. The van der Waals surface area contributed by atoms with Gasteiger partial charge in [-0.1, -0.05) is 35.5 Å². The molecule has 31 heavy (non-hydrogen) atoms. The van der Waals surface area contributed by atoms with Crippen molar-refractivity contribution in [3.05, 3.63) is 86.5 Å². The van der Waals surface area contributed by atoms with Crippen molar-refractivity contribution >= 4 is 6.09 Å². The van der Waals surface area contributed by atoms with Crippen molar-refractivity contribution in [2.24, 2.45) is 0 Å². The topological polar surface area (TPSA) is 108 Å². The third-order valence-corrected chi connectivity index (χ3v) is 4.40. The molecule has 1 amide bonds. The van der Waals surface area contributed by atoms with Gasteiger partial charge in [0.1, 0.15) is 11.3 Å². The van der Waals surface area contributed by atoms with E-state index in [2.05, 4.69) is 10.5 Å². The summed E-state index contributed by atoms with van der Waals surface area (Å²) in [7, 11) is 0. The molecule has 2 heterocycles. The molecule has 0 unspecified atom stereocenters. The second kappa shape index (κ2) is 9.03. The molecule has 0 saturated carbocycles. The van der Waals surface area contributed by atoms with Crippen LogP contribution in [-0.2, 0) is 17.8 Å². The Balaban J connectivity index is 1.73. The van der Waals surface area contributed by atoms with Crippen LogP contribution >= 0.6 is 0 Å². The van der Waals surface area contributed by atoms with Gasteiger partial charge in [-0.15, -0.1) is 0 Å². The van der Waals surface area contributed by atoms with Gasteiger partial charge in [0.15, 0.2) is 5.76 Å². The van der Waals surface area contributed by atoms with E-state index in [1.54, 1.807) is 33.8 Å². The predicted octanol–water partition coefficient (Wildman–Crippen LogP) is 2.68. The number of amides is 1. The smallest absolute Gasteiger partial charge is 0.408 e. The summed E-state index contributed by atoms with van der Waals surface area (Å²) in [5.41, 5.74) is -0.0919. The fourth-order valence-electron chi connectivity index (χ4n) is 2.92. The highest BCUT2D eigenvalue weighted by atomic mass is 16.6. The highest BCUT2D eigenvalue weighted by Crippen LogP contribution is 2.15. The lowest BCUT2D eigenvalue weighted by molar-refractivity contribution is 0.0506. The molecule has 1 N–H and O–H groups in total. The van der Waals surface area contributed by atoms with E-state index in [1.165, 1.54) is 21.4 Å². The van der Waals surface area contributed by atoms with Gasteiger partial charge >= 0.3 is 11.8 Å². The van der Waals surface area contributed by atoms with Crippen LogP contribution in [-0.4, -0.2) is 26.0 Å². The van der Waals surface area contributed by atoms with E-state index in [0.717, 1.165) is 5.56 Å². The number of carbonyl (C=O) groups excluding carboxylic acids is 1. The third kappa shape index (κ3) is 5.94. The summed E-state index contributed by atoms with van der Waals surface area (Å²) in [6.07, 6.45) is 0.866. The Hall–Kier alpha value is -3.62. The van der Waals surface area contributed by atoms with Gasteiger partial charge < -0.3 is 14.6 Å². The summed E-state index contributed by atoms with van der Waals surface area (Å²) >= 11 is 0. The summed E-state index contributed by atoms with van der Waals surface area (Å²) < 4.78 is 13.1. The average Bonchev–Trinajstić information content (AvgIpc) is 3.15. The maximum absolute atomic E-state index is 12.8. The Morgan fingerprint density at radius 1 is 1.16 bits per heavy atom. The summed E-state index contributed by atoms with van der Waals surface area (Å²) in [5, 5.41) is 6.66. The first-order valence-electron chi connectivity index (χ1n) is 9.91. The fourth-order valence-corrected chi connectivity index (χ4v) is 2.92. The fraction of sp³-hybridized carbons (Fsp3) is 0.364. The van der Waals surface area contributed by atoms with Crippen LogP contribution in [0.3, 0.4) is 0 Å². The van der Waals surface area contributed by atoms with Gasteiger partial charge in [0.05, 0.1) is 19.1 Å². The first kappa shape index (κ1) is 22.1. The zero-order chi connectivity index (χ0) is 22.6. The van der Waals surface area contributed by atoms with Crippen molar-refractivity contribution < 1.29 is 14.1 Å². The second-order valence-electron chi connectivity index (χ2n) is 8.22. The average molecular weight is 426 g/mol. The van der Waals surface area contributed by atoms with Crippen LogP contribution in [0.1, 0.15) is 50.8 Å². The highest BCUT2D eigenvalue weighted by molar-refractivity contribution is 5.68. The molecule has 0 aliphatic carbocycles. The Labute approximate surface area is 179 Å². The standard InChI is InChI=1S/C22H26N4O5/c1-15(23-20(28)30-22(2,3)4)18-12-17(31-24-18)14-25-11-10-19(27)26(21(25)29)13-16-8-6-5-7-9-16/h5-12,15H,13-14H2,1-4H3,(H,23,28)/t15-/m0/s1. The molecule has 9 heteroatoms. The van der Waals surface area contributed by atoms with Crippen LogP contribution in [0.5, 0.6) is 0 Å². The van der Waals surface area contributed by atoms with Crippen LogP contribution in [0.4, 0.5) is 4.79 Å². The molecule has 9 nitrogen and oxygen atoms in total. The number of hydrogen-bond acceptors (Lipinski definition) is 6. The molecule has 1 aromatic carbocycles. The van der Waals surface area contributed by atoms with Crippen molar-refractivity contribution in [1.82, 2.24) is 19.6 Å². The molecule has 3 aromatic rings. The van der Waals surface area contributed by atoms with E-state index in [0.29, 0.717) is 11.5 Å². The van der Waals surface area contributed by atoms with E-state index in [1.807, 2.05) is 30.3 Å². The second-order valence-corrected chi connectivity index (χ2v) is 8.22. The van der Waals surface area contributed by atoms with Crippen molar-refractivity contribution in [1.29, 1.82) is 0 Å². The molecule has 1 atom stereocenters. The lowest BCUT2D eigenvalue weighted by Crippen LogP contribution is -2.39. The molecule has 0 spiro atoms. The zero-order valence-electron chi connectivity index (χ0n) is 18.0. The molecule has 2 aromatic heterocycles. The monoisotopic (exact) mass is 426 g/mol. The van der Waals surface area contributed by atoms with Crippen molar-refractivity contribution in [2.45, 2.75) is 52.4 Å². The highest BCUT2D eigenvalue weighted by Gasteiger charge is 2.20. The maximum Gasteiger partial charge on any atom is 0.408 e. The van der Waals surface area contributed by atoms with Crippen molar-refractivity contribution in [3.63, 3.8) is 0 Å². The maximum atomic E-state index is 12.8. The number of ether oxygens (including phenoxy) is 1. The van der Waals surface area contributed by atoms with Gasteiger partial charge in [0, 0.05) is 18.3 Å². The van der Waals surface area contributed by atoms with Gasteiger partial charge in [-0.05, 0) is 33.3 Å². The molecule has 164 valence electrons. The Morgan fingerprint density at radius 3 is 2.55 bits per heavy atom. The van der Waals surface area contributed by atoms with Gasteiger partial charge in [-0.2, -0.15) is 0 Å². The summed E-state index contributed by atoms with van der Waals surface area (Å²) in [6.45, 7) is 7.36. The first-order valence-corrected chi connectivity index (χ1v) is 9.91. The lowest BCUT2D eigenvalue weighted by atomic mass is 10.2. The molecular weight excluding hydrogens is 400 g/mol. The van der Waals surface area contributed by atoms with Crippen molar-refractivity contribution in [3.8, 4) is 0 Å². The molecule has 0 saturated heterocycles. The number of nitrogens with zero attached hydrogens (tertiary/aromatic N) is 3. The zero-order valence-corrected chi connectivity index (χ0v) is 18.0. The van der Waals surface area contributed by atoms with Gasteiger partial charge in [-0.25, -0.2) is 9.59 Å². The summed E-state index contributed by atoms with van der Waals surface area (Å²) in [5.74, 6) is 0.417. The summed E-state index contributed by atoms with van der Waals surface area (Å²) in [4.78, 5) is 36.9. The number of alkyl carbamates (subject to hydrolysis) is 1.